The van der Waals surface area contributed by atoms with E-state index < -0.39 is 0 Å². The Kier molecular flexibility index (Phi) is 4.15. The highest BCUT2D eigenvalue weighted by Gasteiger charge is 2.09. The SMILES string of the molecule is O=C(COc1cccc2ccccc12)NN=C1CCCC1. The van der Waals surface area contributed by atoms with Gasteiger partial charge < -0.3 is 4.74 Å². The molecule has 21 heavy (non-hydrogen) atoms. The van der Waals surface area contributed by atoms with Crippen molar-refractivity contribution in [1.29, 1.82) is 0 Å². The Labute approximate surface area is 123 Å². The third kappa shape index (κ3) is 3.40. The van der Waals surface area contributed by atoms with Gasteiger partial charge in [-0.05, 0) is 37.1 Å². The summed E-state index contributed by atoms with van der Waals surface area (Å²) in [7, 11) is 0. The van der Waals surface area contributed by atoms with Gasteiger partial charge in [-0.25, -0.2) is 5.43 Å². The predicted octanol–water partition coefficient (Wildman–Crippen LogP) is 3.26. The largest absolute Gasteiger partial charge is 0.483 e. The summed E-state index contributed by atoms with van der Waals surface area (Å²) in [6.45, 7) is -0.0230. The monoisotopic (exact) mass is 282 g/mol. The summed E-state index contributed by atoms with van der Waals surface area (Å²) < 4.78 is 5.61. The second kappa shape index (κ2) is 6.39. The Bertz CT molecular complexity index is 666. The zero-order valence-electron chi connectivity index (χ0n) is 11.8. The number of hydrazone groups is 1. The summed E-state index contributed by atoms with van der Waals surface area (Å²) in [6, 6.07) is 13.8. The number of benzene rings is 2. The van der Waals surface area contributed by atoms with Crippen LogP contribution in [-0.2, 0) is 4.79 Å². The number of amides is 1. The molecule has 1 saturated carbocycles. The smallest absolute Gasteiger partial charge is 0.277 e. The molecule has 0 heterocycles. The fourth-order valence-corrected chi connectivity index (χ4v) is 2.53. The van der Waals surface area contributed by atoms with E-state index >= 15 is 0 Å². The molecule has 1 aliphatic rings. The van der Waals surface area contributed by atoms with E-state index in [-0.39, 0.29) is 12.5 Å². The fraction of sp³-hybridized carbons (Fsp3) is 0.294. The molecule has 0 radical (unpaired) electrons. The number of nitrogens with one attached hydrogen (secondary N) is 1. The first-order valence-electron chi connectivity index (χ1n) is 7.28. The minimum absolute atomic E-state index is 0.0230. The minimum atomic E-state index is -0.220. The second-order valence-electron chi connectivity index (χ2n) is 5.19. The Hall–Kier alpha value is -2.36. The quantitative estimate of drug-likeness (QED) is 0.875. The van der Waals surface area contributed by atoms with Crippen LogP contribution in [-0.4, -0.2) is 18.2 Å². The second-order valence-corrected chi connectivity index (χ2v) is 5.19. The van der Waals surface area contributed by atoms with Crippen LogP contribution < -0.4 is 10.2 Å². The van der Waals surface area contributed by atoms with Gasteiger partial charge in [-0.2, -0.15) is 5.10 Å². The first-order valence-corrected chi connectivity index (χ1v) is 7.28. The number of hydrogen-bond donors (Lipinski definition) is 1. The van der Waals surface area contributed by atoms with Crippen molar-refractivity contribution in [3.8, 4) is 5.75 Å². The van der Waals surface area contributed by atoms with Crippen molar-refractivity contribution in [1.82, 2.24) is 5.43 Å². The summed E-state index contributed by atoms with van der Waals surface area (Å²) in [5.74, 6) is 0.499. The molecular formula is C17H18N2O2. The Balaban J connectivity index is 1.61. The lowest BCUT2D eigenvalue weighted by molar-refractivity contribution is -0.123. The molecule has 0 aliphatic heterocycles. The lowest BCUT2D eigenvalue weighted by Gasteiger charge is -2.08. The summed E-state index contributed by atoms with van der Waals surface area (Å²) in [5.41, 5.74) is 3.64. The van der Waals surface area contributed by atoms with Gasteiger partial charge in [-0.15, -0.1) is 0 Å². The normalized spacial score (nSPS) is 14.2. The van der Waals surface area contributed by atoms with Crippen LogP contribution in [0.15, 0.2) is 47.6 Å². The van der Waals surface area contributed by atoms with Crippen LogP contribution in [0.4, 0.5) is 0 Å². The third-order valence-corrected chi connectivity index (χ3v) is 3.63. The number of carbonyl (C=O) groups excluding carboxylic acids is 1. The molecule has 1 amide bonds. The van der Waals surface area contributed by atoms with Crippen molar-refractivity contribution >= 4 is 22.4 Å². The third-order valence-electron chi connectivity index (χ3n) is 3.63. The van der Waals surface area contributed by atoms with Crippen LogP contribution in [0.25, 0.3) is 10.8 Å². The highest BCUT2D eigenvalue weighted by molar-refractivity contribution is 5.89. The van der Waals surface area contributed by atoms with E-state index in [1.807, 2.05) is 42.5 Å². The van der Waals surface area contributed by atoms with Crippen LogP contribution in [0.5, 0.6) is 5.75 Å². The van der Waals surface area contributed by atoms with E-state index in [0.717, 1.165) is 35.1 Å². The average molecular weight is 282 g/mol. The van der Waals surface area contributed by atoms with Gasteiger partial charge in [0.25, 0.3) is 5.91 Å². The van der Waals surface area contributed by atoms with Gasteiger partial charge in [0.1, 0.15) is 5.75 Å². The number of ether oxygens (including phenoxy) is 1. The molecule has 3 rings (SSSR count). The molecule has 0 atom stereocenters. The van der Waals surface area contributed by atoms with Crippen LogP contribution >= 0.6 is 0 Å². The van der Waals surface area contributed by atoms with Crippen molar-refractivity contribution in [2.24, 2.45) is 5.10 Å². The molecule has 108 valence electrons. The molecule has 2 aromatic rings. The number of rotatable bonds is 4. The van der Waals surface area contributed by atoms with Crippen molar-refractivity contribution in [2.75, 3.05) is 6.61 Å². The molecule has 4 nitrogen and oxygen atoms in total. The number of nitrogens with zero attached hydrogens (tertiary/aromatic N) is 1. The summed E-state index contributed by atoms with van der Waals surface area (Å²) in [4.78, 5) is 11.8. The van der Waals surface area contributed by atoms with Gasteiger partial charge in [-0.1, -0.05) is 36.4 Å². The first kappa shape index (κ1) is 13.6. The Morgan fingerprint density at radius 1 is 1.10 bits per heavy atom. The summed E-state index contributed by atoms with van der Waals surface area (Å²) in [5, 5.41) is 6.24. The van der Waals surface area contributed by atoms with Gasteiger partial charge in [0.15, 0.2) is 6.61 Å². The van der Waals surface area contributed by atoms with Crippen molar-refractivity contribution in [2.45, 2.75) is 25.7 Å². The van der Waals surface area contributed by atoms with E-state index in [4.69, 9.17) is 4.74 Å². The highest BCUT2D eigenvalue weighted by atomic mass is 16.5. The maximum absolute atomic E-state index is 11.8. The van der Waals surface area contributed by atoms with Crippen LogP contribution in [0.3, 0.4) is 0 Å². The molecule has 0 unspecified atom stereocenters. The van der Waals surface area contributed by atoms with Crippen LogP contribution in [0, 0.1) is 0 Å². The van der Waals surface area contributed by atoms with Crippen LogP contribution in [0.1, 0.15) is 25.7 Å². The van der Waals surface area contributed by atoms with Gasteiger partial charge in [0.2, 0.25) is 0 Å². The van der Waals surface area contributed by atoms with Crippen LogP contribution in [0.2, 0.25) is 0 Å². The number of carbonyl (C=O) groups is 1. The molecule has 1 aliphatic carbocycles. The van der Waals surface area contributed by atoms with E-state index in [2.05, 4.69) is 10.5 Å². The van der Waals surface area contributed by atoms with Gasteiger partial charge in [0, 0.05) is 11.1 Å². The molecule has 0 saturated heterocycles. The Morgan fingerprint density at radius 2 is 1.86 bits per heavy atom. The van der Waals surface area contributed by atoms with E-state index in [9.17, 15) is 4.79 Å². The highest BCUT2D eigenvalue weighted by Crippen LogP contribution is 2.24. The van der Waals surface area contributed by atoms with E-state index in [1.165, 1.54) is 12.8 Å². The molecule has 4 heteroatoms. The maximum atomic E-state index is 11.8. The molecule has 1 fully saturated rings. The van der Waals surface area contributed by atoms with Crippen molar-refractivity contribution in [3.05, 3.63) is 42.5 Å². The topological polar surface area (TPSA) is 50.7 Å². The lowest BCUT2D eigenvalue weighted by Crippen LogP contribution is -2.25. The zero-order valence-corrected chi connectivity index (χ0v) is 11.8. The van der Waals surface area contributed by atoms with E-state index in [1.54, 1.807) is 0 Å². The standard InChI is InChI=1S/C17H18N2O2/c20-17(19-18-14-8-2-3-9-14)12-21-16-11-5-7-13-6-1-4-10-15(13)16/h1,4-7,10-11H,2-3,8-9,12H2,(H,19,20). The molecule has 1 N–H and O–H groups in total. The maximum Gasteiger partial charge on any atom is 0.277 e. The van der Waals surface area contributed by atoms with E-state index in [0.29, 0.717) is 0 Å². The van der Waals surface area contributed by atoms with Crippen molar-refractivity contribution in [3.63, 3.8) is 0 Å². The molecular weight excluding hydrogens is 264 g/mol. The lowest BCUT2D eigenvalue weighted by atomic mass is 10.1. The molecule has 2 aromatic carbocycles. The number of hydrogen-bond acceptors (Lipinski definition) is 3. The average Bonchev–Trinajstić information content (AvgIpc) is 3.04. The van der Waals surface area contributed by atoms with Gasteiger partial charge in [0.05, 0.1) is 0 Å². The Morgan fingerprint density at radius 3 is 2.71 bits per heavy atom. The predicted molar refractivity (Wildman–Crippen MR) is 83.5 cm³/mol. The van der Waals surface area contributed by atoms with Gasteiger partial charge >= 0.3 is 0 Å². The summed E-state index contributed by atoms with van der Waals surface area (Å²) >= 11 is 0. The molecule has 0 spiro atoms. The zero-order chi connectivity index (χ0) is 14.5. The molecule has 0 bridgehead atoms. The van der Waals surface area contributed by atoms with Gasteiger partial charge in [-0.3, -0.25) is 4.79 Å². The fourth-order valence-electron chi connectivity index (χ4n) is 2.53. The molecule has 0 aromatic heterocycles. The summed E-state index contributed by atoms with van der Waals surface area (Å²) in [6.07, 6.45) is 4.32. The first-order chi connectivity index (χ1) is 10.3. The number of fused-ring (bicyclic) bond motifs is 1. The minimum Gasteiger partial charge on any atom is -0.483 e. The van der Waals surface area contributed by atoms with Crippen molar-refractivity contribution < 1.29 is 9.53 Å².